The number of H-pyrrole nitrogens is 1. The summed E-state index contributed by atoms with van der Waals surface area (Å²) >= 11 is 0. The number of aromatic nitrogens is 4. The molecule has 1 aliphatic rings. The Morgan fingerprint density at radius 2 is 1.69 bits per heavy atom. The van der Waals surface area contributed by atoms with Crippen LogP contribution in [0.4, 0.5) is 4.39 Å². The number of hydrogen-bond acceptors (Lipinski definition) is 5. The smallest absolute Gasteiger partial charge is 0.207 e. The van der Waals surface area contributed by atoms with Crippen LogP contribution in [0, 0.1) is 0 Å². The van der Waals surface area contributed by atoms with Gasteiger partial charge >= 0.3 is 0 Å². The standard InChI is InChI=1S/C25H24FN5O/c1-4-20(23-15-21(22(26)16-31(23)3)24-27-29-30-28-24)17(2)25(32,18-11-7-5-8-12-18)19-13-9-6-10-14-19/h5-16,32H,2,4H2,1,3H3,(H,27,28,29,30)/b23-20-. The van der Waals surface area contributed by atoms with Gasteiger partial charge in [0, 0.05) is 18.9 Å². The van der Waals surface area contributed by atoms with Crippen LogP contribution in [0.25, 0.3) is 5.57 Å². The summed E-state index contributed by atoms with van der Waals surface area (Å²) in [5.41, 5.74) is 2.14. The highest BCUT2D eigenvalue weighted by molar-refractivity contribution is 5.77. The van der Waals surface area contributed by atoms with Crippen molar-refractivity contribution in [3.8, 4) is 0 Å². The molecule has 0 atom stereocenters. The lowest BCUT2D eigenvalue weighted by Gasteiger charge is -2.35. The van der Waals surface area contributed by atoms with Gasteiger partial charge in [-0.1, -0.05) is 74.2 Å². The molecule has 0 aliphatic carbocycles. The highest BCUT2D eigenvalue weighted by Crippen LogP contribution is 2.42. The Morgan fingerprint density at radius 3 is 2.19 bits per heavy atom. The second-order valence-electron chi connectivity index (χ2n) is 7.52. The van der Waals surface area contributed by atoms with Crippen molar-refractivity contribution in [2.24, 2.45) is 0 Å². The summed E-state index contributed by atoms with van der Waals surface area (Å²) in [4.78, 5) is 1.68. The van der Waals surface area contributed by atoms with Crippen molar-refractivity contribution in [3.05, 3.63) is 119 Å². The molecule has 0 unspecified atom stereocenters. The van der Waals surface area contributed by atoms with Crippen molar-refractivity contribution in [1.82, 2.24) is 25.5 Å². The number of halogens is 1. The van der Waals surface area contributed by atoms with E-state index in [-0.39, 0.29) is 11.4 Å². The quantitative estimate of drug-likeness (QED) is 0.603. The molecular formula is C25H24FN5O. The predicted molar refractivity (Wildman–Crippen MR) is 121 cm³/mol. The average molecular weight is 429 g/mol. The van der Waals surface area contributed by atoms with Crippen LogP contribution >= 0.6 is 0 Å². The third kappa shape index (κ3) is 3.67. The number of benzene rings is 2. The number of nitrogens with zero attached hydrogens (tertiary/aromatic N) is 4. The maximum atomic E-state index is 14.7. The van der Waals surface area contributed by atoms with E-state index in [1.54, 1.807) is 18.0 Å². The van der Waals surface area contributed by atoms with Gasteiger partial charge in [0.05, 0.1) is 5.57 Å². The highest BCUT2D eigenvalue weighted by atomic mass is 19.1. The minimum absolute atomic E-state index is 0.159. The van der Waals surface area contributed by atoms with Crippen LogP contribution in [0.5, 0.6) is 0 Å². The predicted octanol–water partition coefficient (Wildman–Crippen LogP) is 4.50. The molecule has 2 heterocycles. The lowest BCUT2D eigenvalue weighted by atomic mass is 9.76. The lowest BCUT2D eigenvalue weighted by Crippen LogP contribution is -2.31. The van der Waals surface area contributed by atoms with Crippen molar-refractivity contribution in [2.75, 3.05) is 7.05 Å². The zero-order chi connectivity index (χ0) is 22.7. The summed E-state index contributed by atoms with van der Waals surface area (Å²) in [5, 5.41) is 25.9. The highest BCUT2D eigenvalue weighted by Gasteiger charge is 2.37. The lowest BCUT2D eigenvalue weighted by molar-refractivity contribution is 0.123. The van der Waals surface area contributed by atoms with Crippen LogP contribution in [-0.4, -0.2) is 37.7 Å². The van der Waals surface area contributed by atoms with Crippen LogP contribution in [0.1, 0.15) is 30.3 Å². The minimum Gasteiger partial charge on any atom is -0.376 e. The van der Waals surface area contributed by atoms with Gasteiger partial charge in [0.1, 0.15) is 5.60 Å². The fourth-order valence-electron chi connectivity index (χ4n) is 4.01. The molecule has 3 aromatic rings. The zero-order valence-corrected chi connectivity index (χ0v) is 18.0. The number of aromatic amines is 1. The van der Waals surface area contributed by atoms with Crippen molar-refractivity contribution in [1.29, 1.82) is 0 Å². The van der Waals surface area contributed by atoms with Crippen molar-refractivity contribution >= 4 is 5.57 Å². The van der Waals surface area contributed by atoms with Crippen LogP contribution in [0.15, 0.2) is 102 Å². The maximum absolute atomic E-state index is 14.7. The molecule has 6 nitrogen and oxygen atoms in total. The number of likely N-dealkylation sites (N-methyl/N-ethyl adjacent to an activating group) is 1. The van der Waals surface area contributed by atoms with E-state index in [2.05, 4.69) is 27.2 Å². The normalized spacial score (nSPS) is 15.8. The van der Waals surface area contributed by atoms with E-state index in [9.17, 15) is 9.50 Å². The summed E-state index contributed by atoms with van der Waals surface area (Å²) < 4.78 is 14.7. The van der Waals surface area contributed by atoms with Crippen molar-refractivity contribution in [3.63, 3.8) is 0 Å². The molecular weight excluding hydrogens is 405 g/mol. The molecule has 7 heteroatoms. The number of allylic oxidation sites excluding steroid dienone is 3. The molecule has 2 N–H and O–H groups in total. The molecule has 1 aromatic heterocycles. The van der Waals surface area contributed by atoms with Gasteiger partial charge < -0.3 is 10.0 Å². The molecule has 4 rings (SSSR count). The second-order valence-corrected chi connectivity index (χ2v) is 7.52. The third-order valence-corrected chi connectivity index (χ3v) is 5.66. The molecule has 0 saturated heterocycles. The molecule has 0 radical (unpaired) electrons. The Hall–Kier alpha value is -3.84. The minimum atomic E-state index is -1.47. The molecule has 0 spiro atoms. The summed E-state index contributed by atoms with van der Waals surface area (Å²) in [6.45, 7) is 6.32. The molecule has 0 bridgehead atoms. The van der Waals surface area contributed by atoms with Gasteiger partial charge in [-0.3, -0.25) is 0 Å². The van der Waals surface area contributed by atoms with Gasteiger partial charge in [-0.25, -0.2) is 4.39 Å². The fourth-order valence-corrected chi connectivity index (χ4v) is 4.01. The Bertz CT molecular complexity index is 1160. The molecule has 1 aliphatic heterocycles. The SMILES string of the molecule is C=C(/C(CC)=C1/C=C(c2nn[nH]n2)C(F)=CN1C)C(O)(c1ccccc1)c1ccccc1. The van der Waals surface area contributed by atoms with Crippen molar-refractivity contribution in [2.45, 2.75) is 18.9 Å². The zero-order valence-electron chi connectivity index (χ0n) is 18.0. The van der Waals surface area contributed by atoms with Crippen LogP contribution in [0.3, 0.4) is 0 Å². The van der Waals surface area contributed by atoms with Gasteiger partial charge in [0.15, 0.2) is 5.83 Å². The number of aliphatic hydroxyl groups is 1. The van der Waals surface area contributed by atoms with Gasteiger partial charge in [-0.2, -0.15) is 5.21 Å². The Morgan fingerprint density at radius 1 is 1.09 bits per heavy atom. The number of hydrogen-bond donors (Lipinski definition) is 2. The number of tetrazole rings is 1. The van der Waals surface area contributed by atoms with E-state index in [1.165, 1.54) is 6.20 Å². The first kappa shape index (κ1) is 21.4. The van der Waals surface area contributed by atoms with Gasteiger partial charge in [-0.15, -0.1) is 10.2 Å². The summed E-state index contributed by atoms with van der Waals surface area (Å²) in [7, 11) is 1.76. The summed E-state index contributed by atoms with van der Waals surface area (Å²) in [6, 6.07) is 18.8. The van der Waals surface area contributed by atoms with E-state index < -0.39 is 11.4 Å². The van der Waals surface area contributed by atoms with E-state index in [0.29, 0.717) is 28.8 Å². The first-order chi connectivity index (χ1) is 15.5. The first-order valence-corrected chi connectivity index (χ1v) is 10.3. The summed E-state index contributed by atoms with van der Waals surface area (Å²) in [5.74, 6) is -0.313. The second kappa shape index (κ2) is 8.72. The fraction of sp³-hybridized carbons (Fsp3) is 0.160. The third-order valence-electron chi connectivity index (χ3n) is 5.66. The Labute approximate surface area is 186 Å². The maximum Gasteiger partial charge on any atom is 0.207 e. The van der Waals surface area contributed by atoms with Crippen LogP contribution < -0.4 is 0 Å². The number of nitrogens with one attached hydrogen (secondary N) is 1. The van der Waals surface area contributed by atoms with Gasteiger partial charge in [0.25, 0.3) is 0 Å². The van der Waals surface area contributed by atoms with Crippen LogP contribution in [0.2, 0.25) is 0 Å². The average Bonchev–Trinajstić information content (AvgIpc) is 3.36. The van der Waals surface area contributed by atoms with Gasteiger partial charge in [0.2, 0.25) is 5.82 Å². The van der Waals surface area contributed by atoms with Crippen LogP contribution in [-0.2, 0) is 5.60 Å². The first-order valence-electron chi connectivity index (χ1n) is 10.3. The van der Waals surface area contributed by atoms with Gasteiger partial charge in [-0.05, 0) is 40.0 Å². The van der Waals surface area contributed by atoms with Crippen molar-refractivity contribution < 1.29 is 9.50 Å². The van der Waals surface area contributed by atoms with E-state index in [4.69, 9.17) is 0 Å². The molecule has 162 valence electrons. The molecule has 0 amide bonds. The van der Waals surface area contributed by atoms with E-state index >= 15 is 0 Å². The largest absolute Gasteiger partial charge is 0.376 e. The Balaban J connectivity index is 1.90. The van der Waals surface area contributed by atoms with E-state index in [0.717, 1.165) is 5.57 Å². The van der Waals surface area contributed by atoms with E-state index in [1.807, 2.05) is 67.6 Å². The topological polar surface area (TPSA) is 77.9 Å². The molecule has 0 fully saturated rings. The molecule has 32 heavy (non-hydrogen) atoms. The number of rotatable bonds is 6. The molecule has 2 aromatic carbocycles. The molecule has 0 saturated carbocycles. The Kier molecular flexibility index (Phi) is 5.83. The monoisotopic (exact) mass is 429 g/mol. The summed E-state index contributed by atoms with van der Waals surface area (Å²) in [6.07, 6.45) is 3.60.